The molecular weight excluding hydrogens is 256 g/mol. The molecule has 15 heavy (non-hydrogen) atoms. The molecule has 2 rings (SSSR count). The number of carbonyl (C=O) groups is 1. The largest absolute Gasteiger partial charge is 0.382 e. The van der Waals surface area contributed by atoms with Crippen LogP contribution in [0.25, 0.3) is 0 Å². The Kier molecular flexibility index (Phi) is 2.95. The first-order valence-electron chi connectivity index (χ1n) is 4.96. The molecule has 2 atom stereocenters. The van der Waals surface area contributed by atoms with Gasteiger partial charge in [0, 0.05) is 16.2 Å². The molecule has 0 radical (unpaired) electrons. The topological polar surface area (TPSA) is 41.1 Å². The molecule has 0 unspecified atom stereocenters. The van der Waals surface area contributed by atoms with Crippen molar-refractivity contribution in [2.75, 3.05) is 5.32 Å². The number of fused-ring (bicyclic) bond motifs is 1. The molecule has 0 bridgehead atoms. The molecule has 1 aromatic rings. The number of halogens is 1. The van der Waals surface area contributed by atoms with Gasteiger partial charge in [-0.05, 0) is 37.1 Å². The number of amides is 1. The van der Waals surface area contributed by atoms with Crippen LogP contribution < -0.4 is 10.6 Å². The van der Waals surface area contributed by atoms with Crippen molar-refractivity contribution in [2.24, 2.45) is 0 Å². The number of hydrogen-bond donors (Lipinski definition) is 2. The summed E-state index contributed by atoms with van der Waals surface area (Å²) >= 11 is 3.44. The van der Waals surface area contributed by atoms with E-state index in [2.05, 4.69) is 39.6 Å². The van der Waals surface area contributed by atoms with Crippen LogP contribution >= 0.6 is 15.9 Å². The molecule has 0 aliphatic carbocycles. The average molecular weight is 269 g/mol. The Morgan fingerprint density at radius 3 is 3.13 bits per heavy atom. The second-order valence-corrected chi connectivity index (χ2v) is 4.77. The molecule has 1 amide bonds. The first-order valence-corrected chi connectivity index (χ1v) is 5.75. The van der Waals surface area contributed by atoms with Crippen molar-refractivity contribution >= 4 is 28.0 Å². The first kappa shape index (κ1) is 10.5. The minimum absolute atomic E-state index is 0.117. The number of carbonyl (C=O) groups excluding carboxylic acids is 1. The van der Waals surface area contributed by atoms with Crippen LogP contribution in [0.3, 0.4) is 0 Å². The summed E-state index contributed by atoms with van der Waals surface area (Å²) in [5.41, 5.74) is 2.26. The van der Waals surface area contributed by atoms with Gasteiger partial charge in [0.05, 0.1) is 6.04 Å². The summed E-state index contributed by atoms with van der Waals surface area (Å²) in [5.74, 6) is 0. The third kappa shape index (κ3) is 2.15. The fraction of sp³-hybridized carbons (Fsp3) is 0.364. The van der Waals surface area contributed by atoms with Gasteiger partial charge < -0.3 is 10.6 Å². The van der Waals surface area contributed by atoms with Crippen LogP contribution in [0.15, 0.2) is 22.7 Å². The summed E-state index contributed by atoms with van der Waals surface area (Å²) in [7, 11) is 0. The second kappa shape index (κ2) is 4.23. The minimum Gasteiger partial charge on any atom is -0.382 e. The van der Waals surface area contributed by atoms with Gasteiger partial charge in [0.25, 0.3) is 0 Å². The summed E-state index contributed by atoms with van der Waals surface area (Å²) in [6.45, 7) is 2.12. The molecule has 0 aromatic heterocycles. The fourth-order valence-electron chi connectivity index (χ4n) is 2.00. The van der Waals surface area contributed by atoms with E-state index in [1.54, 1.807) is 0 Å². The Hall–Kier alpha value is -1.03. The van der Waals surface area contributed by atoms with E-state index in [0.717, 1.165) is 28.6 Å². The van der Waals surface area contributed by atoms with Crippen molar-refractivity contribution in [3.63, 3.8) is 0 Å². The van der Waals surface area contributed by atoms with E-state index in [4.69, 9.17) is 0 Å². The maximum Gasteiger partial charge on any atom is 0.207 e. The van der Waals surface area contributed by atoms with Crippen LogP contribution in [0.1, 0.15) is 24.9 Å². The molecule has 1 aliphatic heterocycles. The second-order valence-electron chi connectivity index (χ2n) is 3.85. The van der Waals surface area contributed by atoms with E-state index in [-0.39, 0.29) is 6.04 Å². The zero-order valence-corrected chi connectivity index (χ0v) is 10.0. The summed E-state index contributed by atoms with van der Waals surface area (Å²) in [5, 5.41) is 6.26. The van der Waals surface area contributed by atoms with Gasteiger partial charge in [-0.2, -0.15) is 0 Å². The lowest BCUT2D eigenvalue weighted by Crippen LogP contribution is -2.32. The van der Waals surface area contributed by atoms with Gasteiger partial charge in [0.1, 0.15) is 0 Å². The highest BCUT2D eigenvalue weighted by atomic mass is 79.9. The molecule has 0 spiro atoms. The van der Waals surface area contributed by atoms with Crippen molar-refractivity contribution in [1.82, 2.24) is 5.32 Å². The lowest BCUT2D eigenvalue weighted by atomic mass is 9.94. The van der Waals surface area contributed by atoms with Gasteiger partial charge in [0.15, 0.2) is 0 Å². The predicted octanol–water partition coefficient (Wildman–Crippen LogP) is 2.44. The SMILES string of the molecule is C[C@@H]1C[C@@H](NC=O)c2cc(Br)ccc2N1. The third-order valence-corrected chi connectivity index (χ3v) is 3.14. The zero-order chi connectivity index (χ0) is 10.8. The lowest BCUT2D eigenvalue weighted by molar-refractivity contribution is -0.110. The van der Waals surface area contributed by atoms with Gasteiger partial charge in [-0.3, -0.25) is 4.79 Å². The Bertz CT molecular complexity index is 381. The average Bonchev–Trinajstić information content (AvgIpc) is 2.19. The number of benzene rings is 1. The monoisotopic (exact) mass is 268 g/mol. The van der Waals surface area contributed by atoms with Gasteiger partial charge >= 0.3 is 0 Å². The van der Waals surface area contributed by atoms with Gasteiger partial charge in [-0.1, -0.05) is 15.9 Å². The zero-order valence-electron chi connectivity index (χ0n) is 8.46. The van der Waals surface area contributed by atoms with Gasteiger partial charge in [0.2, 0.25) is 6.41 Å². The maximum atomic E-state index is 10.5. The minimum atomic E-state index is 0.117. The summed E-state index contributed by atoms with van der Waals surface area (Å²) in [4.78, 5) is 10.5. The molecule has 0 saturated carbocycles. The van der Waals surface area contributed by atoms with Gasteiger partial charge in [-0.15, -0.1) is 0 Å². The first-order chi connectivity index (χ1) is 7.20. The Morgan fingerprint density at radius 2 is 2.40 bits per heavy atom. The lowest BCUT2D eigenvalue weighted by Gasteiger charge is -2.31. The van der Waals surface area contributed by atoms with Crippen molar-refractivity contribution in [3.8, 4) is 0 Å². The van der Waals surface area contributed by atoms with E-state index in [1.165, 1.54) is 0 Å². The van der Waals surface area contributed by atoms with E-state index in [0.29, 0.717) is 6.04 Å². The van der Waals surface area contributed by atoms with Crippen molar-refractivity contribution in [2.45, 2.75) is 25.4 Å². The Balaban J connectivity index is 2.38. The molecule has 2 N–H and O–H groups in total. The molecule has 0 saturated heterocycles. The summed E-state index contributed by atoms with van der Waals surface area (Å²) in [6, 6.07) is 6.59. The summed E-state index contributed by atoms with van der Waals surface area (Å²) < 4.78 is 1.04. The van der Waals surface area contributed by atoms with Crippen LogP contribution in [-0.2, 0) is 4.79 Å². The van der Waals surface area contributed by atoms with Crippen LogP contribution in [0, 0.1) is 0 Å². The molecule has 0 fully saturated rings. The van der Waals surface area contributed by atoms with Crippen molar-refractivity contribution in [3.05, 3.63) is 28.2 Å². The van der Waals surface area contributed by atoms with Crippen molar-refractivity contribution in [1.29, 1.82) is 0 Å². The molecule has 80 valence electrons. The standard InChI is InChI=1S/C11H13BrN2O/c1-7-4-11(13-6-15)9-5-8(12)2-3-10(9)14-7/h2-3,5-7,11,14H,4H2,1H3,(H,13,15)/t7-,11-/m1/s1. The molecule has 4 heteroatoms. The number of rotatable bonds is 2. The maximum absolute atomic E-state index is 10.5. The highest BCUT2D eigenvalue weighted by Gasteiger charge is 2.23. The van der Waals surface area contributed by atoms with E-state index >= 15 is 0 Å². The Labute approximate surface area is 97.4 Å². The van der Waals surface area contributed by atoms with Gasteiger partial charge in [-0.25, -0.2) is 0 Å². The fourth-order valence-corrected chi connectivity index (χ4v) is 2.38. The highest BCUT2D eigenvalue weighted by molar-refractivity contribution is 9.10. The molecular formula is C11H13BrN2O. The van der Waals surface area contributed by atoms with E-state index in [1.807, 2.05) is 12.1 Å². The molecule has 1 aromatic carbocycles. The quantitative estimate of drug-likeness (QED) is 0.810. The molecule has 1 heterocycles. The van der Waals surface area contributed by atoms with E-state index < -0.39 is 0 Å². The van der Waals surface area contributed by atoms with Crippen LogP contribution in [0.5, 0.6) is 0 Å². The van der Waals surface area contributed by atoms with Crippen LogP contribution in [-0.4, -0.2) is 12.5 Å². The Morgan fingerprint density at radius 1 is 1.60 bits per heavy atom. The molecule has 1 aliphatic rings. The van der Waals surface area contributed by atoms with Crippen molar-refractivity contribution < 1.29 is 4.79 Å². The predicted molar refractivity (Wildman–Crippen MR) is 63.8 cm³/mol. The number of hydrogen-bond acceptors (Lipinski definition) is 2. The summed E-state index contributed by atoms with van der Waals surface area (Å²) in [6.07, 6.45) is 1.69. The van der Waals surface area contributed by atoms with Crippen LogP contribution in [0.2, 0.25) is 0 Å². The third-order valence-electron chi connectivity index (χ3n) is 2.65. The van der Waals surface area contributed by atoms with E-state index in [9.17, 15) is 4.79 Å². The van der Waals surface area contributed by atoms with Crippen LogP contribution in [0.4, 0.5) is 5.69 Å². The number of nitrogens with one attached hydrogen (secondary N) is 2. The number of anilines is 1. The normalized spacial score (nSPS) is 23.9. The smallest absolute Gasteiger partial charge is 0.207 e. The highest BCUT2D eigenvalue weighted by Crippen LogP contribution is 2.34. The molecule has 3 nitrogen and oxygen atoms in total.